The third-order valence-electron chi connectivity index (χ3n) is 3.07. The number of carbonyl (C=O) groups is 1. The fourth-order valence-corrected chi connectivity index (χ4v) is 2.03. The van der Waals surface area contributed by atoms with Crippen LogP contribution in [0.15, 0.2) is 16.9 Å². The Morgan fingerprint density at radius 2 is 2.21 bits per heavy atom. The normalized spacial score (nSPS) is 23.6. The van der Waals surface area contributed by atoms with Crippen molar-refractivity contribution in [1.82, 2.24) is 5.32 Å². The third-order valence-corrected chi connectivity index (χ3v) is 3.43. The average Bonchev–Trinajstić information content (AvgIpc) is 2.82. The molecule has 0 aliphatic heterocycles. The molecule has 2 unspecified atom stereocenters. The Balaban J connectivity index is 0.000000342. The Hall–Kier alpha value is -0.870. The average molecular weight is 288 g/mol. The molecule has 1 aliphatic carbocycles. The minimum Gasteiger partial charge on any atom is -0.373 e. The van der Waals surface area contributed by atoms with Gasteiger partial charge < -0.3 is 15.8 Å². The molecule has 0 radical (unpaired) electrons. The van der Waals surface area contributed by atoms with Gasteiger partial charge >= 0.3 is 0 Å². The highest BCUT2D eigenvalue weighted by atomic mass is 35.5. The first-order valence-electron chi connectivity index (χ1n) is 6.83. The first-order chi connectivity index (χ1) is 9.07. The summed E-state index contributed by atoms with van der Waals surface area (Å²) in [6.45, 7) is 3.88. The van der Waals surface area contributed by atoms with Crippen LogP contribution in [0.3, 0.4) is 0 Å². The van der Waals surface area contributed by atoms with Gasteiger partial charge in [0.15, 0.2) is 0 Å². The maximum absolute atomic E-state index is 10.0. The van der Waals surface area contributed by atoms with E-state index in [0.29, 0.717) is 23.6 Å². The summed E-state index contributed by atoms with van der Waals surface area (Å²) in [4.78, 5) is 14.1. The SMILES string of the molecule is C/C=C(\N=C(\Cl)CC)NC.NC1CCC(CC=O)C1. The monoisotopic (exact) mass is 287 g/mol. The number of rotatable bonds is 5. The molecule has 1 saturated carbocycles. The lowest BCUT2D eigenvalue weighted by Crippen LogP contribution is -2.14. The van der Waals surface area contributed by atoms with Crippen LogP contribution in [0.2, 0.25) is 0 Å². The van der Waals surface area contributed by atoms with E-state index in [1.165, 1.54) is 0 Å². The Labute approximate surface area is 121 Å². The quantitative estimate of drug-likeness (QED) is 0.603. The lowest BCUT2D eigenvalue weighted by atomic mass is 10.1. The molecule has 2 atom stereocenters. The number of allylic oxidation sites excluding steroid dienone is 1. The first-order valence-corrected chi connectivity index (χ1v) is 7.21. The van der Waals surface area contributed by atoms with Crippen LogP contribution in [0, 0.1) is 5.92 Å². The summed E-state index contributed by atoms with van der Waals surface area (Å²) in [5.41, 5.74) is 5.64. The van der Waals surface area contributed by atoms with Crippen molar-refractivity contribution in [2.75, 3.05) is 7.05 Å². The summed E-state index contributed by atoms with van der Waals surface area (Å²) >= 11 is 5.69. The minimum absolute atomic E-state index is 0.370. The van der Waals surface area contributed by atoms with Gasteiger partial charge in [-0.1, -0.05) is 18.5 Å². The molecule has 19 heavy (non-hydrogen) atoms. The van der Waals surface area contributed by atoms with Crippen molar-refractivity contribution in [3.63, 3.8) is 0 Å². The fourth-order valence-electron chi connectivity index (χ4n) is 1.94. The van der Waals surface area contributed by atoms with E-state index in [0.717, 1.165) is 37.8 Å². The van der Waals surface area contributed by atoms with E-state index < -0.39 is 0 Å². The van der Waals surface area contributed by atoms with E-state index in [-0.39, 0.29) is 0 Å². The maximum Gasteiger partial charge on any atom is 0.122 e. The highest BCUT2D eigenvalue weighted by Crippen LogP contribution is 2.25. The van der Waals surface area contributed by atoms with Crippen LogP contribution in [0.5, 0.6) is 0 Å². The number of halogens is 1. The smallest absolute Gasteiger partial charge is 0.122 e. The second kappa shape index (κ2) is 11.0. The van der Waals surface area contributed by atoms with Crippen molar-refractivity contribution in [1.29, 1.82) is 0 Å². The topological polar surface area (TPSA) is 67.5 Å². The Kier molecular flexibility index (Phi) is 10.5. The second-order valence-electron chi connectivity index (χ2n) is 4.61. The van der Waals surface area contributed by atoms with Crippen LogP contribution in [0.1, 0.15) is 46.0 Å². The molecule has 0 bridgehead atoms. The molecule has 110 valence electrons. The number of nitrogens with zero attached hydrogens (tertiary/aromatic N) is 1. The molecular formula is C14H26ClN3O. The van der Waals surface area contributed by atoms with Crippen molar-refractivity contribution in [2.45, 2.75) is 52.0 Å². The molecule has 1 rings (SSSR count). The first kappa shape index (κ1) is 18.1. The highest BCUT2D eigenvalue weighted by molar-refractivity contribution is 6.65. The summed E-state index contributed by atoms with van der Waals surface area (Å²) in [6, 6.07) is 0.370. The molecule has 0 aromatic heterocycles. The van der Waals surface area contributed by atoms with Gasteiger partial charge in [-0.3, -0.25) is 0 Å². The molecule has 0 saturated heterocycles. The molecule has 1 fully saturated rings. The second-order valence-corrected chi connectivity index (χ2v) is 5.04. The van der Waals surface area contributed by atoms with Crippen molar-refractivity contribution < 1.29 is 4.79 Å². The molecular weight excluding hydrogens is 262 g/mol. The predicted molar refractivity (Wildman–Crippen MR) is 82.4 cm³/mol. The van der Waals surface area contributed by atoms with Crippen molar-refractivity contribution in [2.24, 2.45) is 16.6 Å². The number of aldehydes is 1. The number of hydrogen-bond acceptors (Lipinski definition) is 4. The summed E-state index contributed by atoms with van der Waals surface area (Å²) in [5.74, 6) is 1.41. The minimum atomic E-state index is 0.370. The van der Waals surface area contributed by atoms with E-state index >= 15 is 0 Å². The number of nitrogens with two attached hydrogens (primary N) is 1. The molecule has 4 nitrogen and oxygen atoms in total. The van der Waals surface area contributed by atoms with Gasteiger partial charge in [-0.15, -0.1) is 0 Å². The van der Waals surface area contributed by atoms with E-state index in [2.05, 4.69) is 10.3 Å². The lowest BCUT2D eigenvalue weighted by Gasteiger charge is -2.01. The molecule has 5 heteroatoms. The maximum atomic E-state index is 10.0. The van der Waals surface area contributed by atoms with Crippen LogP contribution in [0.4, 0.5) is 0 Å². The highest BCUT2D eigenvalue weighted by Gasteiger charge is 2.20. The van der Waals surface area contributed by atoms with E-state index in [1.807, 2.05) is 27.0 Å². The van der Waals surface area contributed by atoms with Crippen molar-refractivity contribution in [3.8, 4) is 0 Å². The molecule has 3 N–H and O–H groups in total. The molecule has 1 aliphatic rings. The van der Waals surface area contributed by atoms with Gasteiger partial charge in [0.2, 0.25) is 0 Å². The van der Waals surface area contributed by atoms with Gasteiger partial charge in [-0.2, -0.15) is 0 Å². The molecule has 0 heterocycles. The summed E-state index contributed by atoms with van der Waals surface area (Å²) in [7, 11) is 1.82. The summed E-state index contributed by atoms with van der Waals surface area (Å²) in [6.07, 6.45) is 7.69. The van der Waals surface area contributed by atoms with Gasteiger partial charge in [-0.25, -0.2) is 4.99 Å². The molecule has 0 aromatic carbocycles. The predicted octanol–water partition coefficient (Wildman–Crippen LogP) is 2.82. The van der Waals surface area contributed by atoms with Crippen LogP contribution in [-0.4, -0.2) is 24.5 Å². The zero-order valence-electron chi connectivity index (χ0n) is 12.2. The lowest BCUT2D eigenvalue weighted by molar-refractivity contribution is -0.108. The van der Waals surface area contributed by atoms with Crippen LogP contribution in [0.25, 0.3) is 0 Å². The van der Waals surface area contributed by atoms with Gasteiger partial charge in [-0.05, 0) is 44.6 Å². The van der Waals surface area contributed by atoms with Gasteiger partial charge in [0.05, 0.1) is 0 Å². The Bertz CT molecular complexity index is 316. The fraction of sp³-hybridized carbons (Fsp3) is 0.714. The third kappa shape index (κ3) is 8.78. The summed E-state index contributed by atoms with van der Waals surface area (Å²) in [5, 5.41) is 3.53. The zero-order valence-corrected chi connectivity index (χ0v) is 12.9. The molecule has 0 amide bonds. The van der Waals surface area contributed by atoms with Gasteiger partial charge in [0, 0.05) is 19.5 Å². The van der Waals surface area contributed by atoms with Crippen LogP contribution in [-0.2, 0) is 4.79 Å². The number of aliphatic imine (C=N–C) groups is 1. The molecule has 0 aromatic rings. The Morgan fingerprint density at radius 1 is 1.53 bits per heavy atom. The number of nitrogens with one attached hydrogen (secondary N) is 1. The summed E-state index contributed by atoms with van der Waals surface area (Å²) < 4.78 is 0. The number of carbonyl (C=O) groups excluding carboxylic acids is 1. The molecule has 0 spiro atoms. The van der Waals surface area contributed by atoms with Gasteiger partial charge in [0.25, 0.3) is 0 Å². The van der Waals surface area contributed by atoms with Crippen molar-refractivity contribution in [3.05, 3.63) is 11.9 Å². The largest absolute Gasteiger partial charge is 0.373 e. The van der Waals surface area contributed by atoms with E-state index in [4.69, 9.17) is 17.3 Å². The van der Waals surface area contributed by atoms with Crippen molar-refractivity contribution >= 4 is 23.1 Å². The van der Waals surface area contributed by atoms with Crippen LogP contribution >= 0.6 is 11.6 Å². The standard InChI is InChI=1S/C7H13ClN2.C7H13NO/c1-4-6(8)10-7(5-2)9-3;8-7-2-1-6(5-7)3-4-9/h5,9H,4H2,1-3H3;4,6-7H,1-3,5,8H2/b7-5-,10-6+;. The van der Waals surface area contributed by atoms with E-state index in [1.54, 1.807) is 0 Å². The van der Waals surface area contributed by atoms with Gasteiger partial charge in [0.1, 0.15) is 17.3 Å². The Morgan fingerprint density at radius 3 is 2.58 bits per heavy atom. The van der Waals surface area contributed by atoms with Crippen LogP contribution < -0.4 is 11.1 Å². The zero-order chi connectivity index (χ0) is 14.7. The van der Waals surface area contributed by atoms with E-state index in [9.17, 15) is 4.79 Å². The number of hydrogen-bond donors (Lipinski definition) is 2.